The number of nitrogens with two attached hydrogens (primary N) is 1. The summed E-state index contributed by atoms with van der Waals surface area (Å²) >= 11 is 0. The van der Waals surface area contributed by atoms with E-state index in [-0.39, 0.29) is 18.5 Å². The maximum absolute atomic E-state index is 12.1. The van der Waals surface area contributed by atoms with Crippen molar-refractivity contribution in [3.8, 4) is 0 Å². The van der Waals surface area contributed by atoms with Crippen molar-refractivity contribution in [2.75, 3.05) is 32.8 Å². The van der Waals surface area contributed by atoms with Gasteiger partial charge in [0.1, 0.15) is 0 Å². The second kappa shape index (κ2) is 8.05. The topological polar surface area (TPSA) is 84.7 Å². The van der Waals surface area contributed by atoms with Crippen molar-refractivity contribution < 1.29 is 14.3 Å². The van der Waals surface area contributed by atoms with Crippen molar-refractivity contribution in [2.24, 2.45) is 5.73 Å². The molecule has 0 saturated carbocycles. The number of carbonyl (C=O) groups is 2. The Bertz CT molecular complexity index is 278. The molecule has 1 heterocycles. The minimum atomic E-state index is -0.460. The highest BCUT2D eigenvalue weighted by molar-refractivity contribution is 5.84. The molecule has 0 aromatic heterocycles. The molecule has 1 aliphatic rings. The molecule has 0 unspecified atom stereocenters. The number of carbonyl (C=O) groups excluding carboxylic acids is 2. The van der Waals surface area contributed by atoms with E-state index in [2.05, 4.69) is 5.32 Å². The molecule has 0 radical (unpaired) electrons. The van der Waals surface area contributed by atoms with Crippen molar-refractivity contribution in [3.05, 3.63) is 0 Å². The average Bonchev–Trinajstić information content (AvgIpc) is 2.37. The van der Waals surface area contributed by atoms with Gasteiger partial charge >= 0.3 is 0 Å². The molecule has 18 heavy (non-hydrogen) atoms. The monoisotopic (exact) mass is 257 g/mol. The first kappa shape index (κ1) is 14.9. The van der Waals surface area contributed by atoms with E-state index in [1.165, 1.54) is 0 Å². The third-order valence-corrected chi connectivity index (χ3v) is 3.06. The van der Waals surface area contributed by atoms with Gasteiger partial charge in [0, 0.05) is 12.6 Å². The van der Waals surface area contributed by atoms with E-state index < -0.39 is 5.91 Å². The van der Waals surface area contributed by atoms with Crippen LogP contribution in [0.25, 0.3) is 0 Å². The fourth-order valence-electron chi connectivity index (χ4n) is 2.15. The van der Waals surface area contributed by atoms with Gasteiger partial charge in [-0.2, -0.15) is 0 Å². The van der Waals surface area contributed by atoms with Crippen LogP contribution in [0.5, 0.6) is 0 Å². The fraction of sp³-hybridized carbons (Fsp3) is 0.833. The summed E-state index contributed by atoms with van der Waals surface area (Å²) in [6.45, 7) is 4.64. The Balaban J connectivity index is 2.52. The van der Waals surface area contributed by atoms with Crippen LogP contribution in [0.3, 0.4) is 0 Å². The maximum atomic E-state index is 12.1. The molecule has 0 aromatic rings. The van der Waals surface area contributed by atoms with Crippen LogP contribution in [0.15, 0.2) is 0 Å². The van der Waals surface area contributed by atoms with Crippen molar-refractivity contribution in [1.82, 2.24) is 10.2 Å². The minimum Gasteiger partial charge on any atom is -0.381 e. The SMILES string of the molecule is CCOCCC(=O)N(CC(N)=O)C1CCNCC1. The molecular formula is C12H23N3O3. The summed E-state index contributed by atoms with van der Waals surface area (Å²) in [6.07, 6.45) is 2.05. The summed E-state index contributed by atoms with van der Waals surface area (Å²) in [6, 6.07) is 0.118. The lowest BCUT2D eigenvalue weighted by atomic mass is 10.0. The van der Waals surface area contributed by atoms with Crippen LogP contribution in [0.1, 0.15) is 26.2 Å². The molecule has 1 saturated heterocycles. The Morgan fingerprint density at radius 3 is 2.61 bits per heavy atom. The predicted octanol–water partition coefficient (Wildman–Crippen LogP) is -0.521. The highest BCUT2D eigenvalue weighted by Crippen LogP contribution is 2.13. The molecule has 0 aliphatic carbocycles. The summed E-state index contributed by atoms with van der Waals surface area (Å²) in [4.78, 5) is 24.8. The minimum absolute atomic E-state index is 0.00955. The number of nitrogens with zero attached hydrogens (tertiary/aromatic N) is 1. The second-order valence-electron chi connectivity index (χ2n) is 4.42. The van der Waals surface area contributed by atoms with E-state index in [1.54, 1.807) is 4.90 Å². The van der Waals surface area contributed by atoms with Crippen LogP contribution >= 0.6 is 0 Å². The smallest absolute Gasteiger partial charge is 0.237 e. The molecule has 1 aliphatic heterocycles. The molecule has 1 rings (SSSR count). The Kier molecular flexibility index (Phi) is 6.67. The summed E-state index contributed by atoms with van der Waals surface area (Å²) in [5.74, 6) is -0.507. The fourth-order valence-corrected chi connectivity index (χ4v) is 2.15. The van der Waals surface area contributed by atoms with Gasteiger partial charge in [-0.3, -0.25) is 9.59 Å². The van der Waals surface area contributed by atoms with Gasteiger partial charge in [0.15, 0.2) is 0 Å². The summed E-state index contributed by atoms with van der Waals surface area (Å²) in [5, 5.41) is 3.24. The first-order chi connectivity index (χ1) is 8.65. The number of hydrogen-bond acceptors (Lipinski definition) is 4. The van der Waals surface area contributed by atoms with E-state index in [0.717, 1.165) is 25.9 Å². The Labute approximate surface area is 108 Å². The Morgan fingerprint density at radius 1 is 1.39 bits per heavy atom. The van der Waals surface area contributed by atoms with E-state index in [1.807, 2.05) is 6.92 Å². The molecule has 1 fully saturated rings. The summed E-state index contributed by atoms with van der Waals surface area (Å²) < 4.78 is 5.17. The van der Waals surface area contributed by atoms with E-state index in [0.29, 0.717) is 19.6 Å². The van der Waals surface area contributed by atoms with Crippen LogP contribution in [-0.2, 0) is 14.3 Å². The molecule has 104 valence electrons. The van der Waals surface area contributed by atoms with E-state index >= 15 is 0 Å². The first-order valence-corrected chi connectivity index (χ1v) is 6.51. The lowest BCUT2D eigenvalue weighted by molar-refractivity contribution is -0.139. The van der Waals surface area contributed by atoms with Gasteiger partial charge in [0.25, 0.3) is 0 Å². The van der Waals surface area contributed by atoms with Gasteiger partial charge in [-0.25, -0.2) is 0 Å². The number of hydrogen-bond donors (Lipinski definition) is 2. The van der Waals surface area contributed by atoms with Gasteiger partial charge in [-0.15, -0.1) is 0 Å². The zero-order valence-electron chi connectivity index (χ0n) is 11.0. The van der Waals surface area contributed by atoms with E-state index in [4.69, 9.17) is 10.5 Å². The van der Waals surface area contributed by atoms with Gasteiger partial charge in [0.2, 0.25) is 11.8 Å². The van der Waals surface area contributed by atoms with Crippen molar-refractivity contribution in [1.29, 1.82) is 0 Å². The van der Waals surface area contributed by atoms with E-state index in [9.17, 15) is 9.59 Å². The quantitative estimate of drug-likeness (QED) is 0.601. The van der Waals surface area contributed by atoms with Gasteiger partial charge in [0.05, 0.1) is 19.6 Å². The number of rotatable bonds is 7. The maximum Gasteiger partial charge on any atom is 0.237 e. The normalized spacial score (nSPS) is 16.5. The number of amides is 2. The van der Waals surface area contributed by atoms with Crippen LogP contribution in [0.2, 0.25) is 0 Å². The van der Waals surface area contributed by atoms with Crippen LogP contribution in [0, 0.1) is 0 Å². The molecule has 6 nitrogen and oxygen atoms in total. The zero-order chi connectivity index (χ0) is 13.4. The zero-order valence-corrected chi connectivity index (χ0v) is 11.0. The summed E-state index contributed by atoms with van der Waals surface area (Å²) in [5.41, 5.74) is 5.21. The molecule has 0 atom stereocenters. The van der Waals surface area contributed by atoms with Crippen molar-refractivity contribution in [3.63, 3.8) is 0 Å². The Morgan fingerprint density at radius 2 is 2.06 bits per heavy atom. The van der Waals surface area contributed by atoms with Crippen LogP contribution in [-0.4, -0.2) is 55.6 Å². The van der Waals surface area contributed by atoms with Gasteiger partial charge in [-0.1, -0.05) is 0 Å². The largest absolute Gasteiger partial charge is 0.381 e. The molecule has 6 heteroatoms. The molecular weight excluding hydrogens is 234 g/mol. The van der Waals surface area contributed by atoms with Gasteiger partial charge < -0.3 is 20.7 Å². The molecule has 0 spiro atoms. The second-order valence-corrected chi connectivity index (χ2v) is 4.42. The number of primary amides is 1. The number of ether oxygens (including phenoxy) is 1. The van der Waals surface area contributed by atoms with Crippen molar-refractivity contribution in [2.45, 2.75) is 32.2 Å². The number of piperidine rings is 1. The molecule has 0 bridgehead atoms. The van der Waals surface area contributed by atoms with Crippen molar-refractivity contribution >= 4 is 11.8 Å². The summed E-state index contributed by atoms with van der Waals surface area (Å²) in [7, 11) is 0. The third kappa shape index (κ3) is 5.01. The molecule has 0 aromatic carbocycles. The molecule has 2 amide bonds. The third-order valence-electron chi connectivity index (χ3n) is 3.06. The number of nitrogens with one attached hydrogen (secondary N) is 1. The lowest BCUT2D eigenvalue weighted by Gasteiger charge is -2.34. The highest BCUT2D eigenvalue weighted by atomic mass is 16.5. The Hall–Kier alpha value is -1.14. The lowest BCUT2D eigenvalue weighted by Crippen LogP contribution is -2.49. The van der Waals surface area contributed by atoms with Crippen LogP contribution < -0.4 is 11.1 Å². The van der Waals surface area contributed by atoms with Gasteiger partial charge in [-0.05, 0) is 32.9 Å². The van der Waals surface area contributed by atoms with Crippen LogP contribution in [0.4, 0.5) is 0 Å². The average molecular weight is 257 g/mol. The standard InChI is InChI=1S/C12H23N3O3/c1-2-18-8-5-12(17)15(9-11(13)16)10-3-6-14-7-4-10/h10,14H,2-9H2,1H3,(H2,13,16). The predicted molar refractivity (Wildman–Crippen MR) is 67.9 cm³/mol. The first-order valence-electron chi connectivity index (χ1n) is 6.51. The highest BCUT2D eigenvalue weighted by Gasteiger charge is 2.26. The molecule has 3 N–H and O–H groups in total.